The predicted octanol–water partition coefficient (Wildman–Crippen LogP) is 5.26. The zero-order chi connectivity index (χ0) is 23.9. The molecular formula is C25H20N2O6S. The quantitative estimate of drug-likeness (QED) is 0.287. The third-order valence-corrected chi connectivity index (χ3v) is 7.67. The summed E-state index contributed by atoms with van der Waals surface area (Å²) in [7, 11) is -4.32. The SMILES string of the molecule is O=C(c1cccc([N+](=O)[O-])c1)N(c1ccc2oc3c(c2c1)CCCC3)S(=O)(=O)c1ccccc1. The van der Waals surface area contributed by atoms with E-state index in [1.54, 1.807) is 30.3 Å². The summed E-state index contributed by atoms with van der Waals surface area (Å²) in [5.74, 6) is 0.00476. The first-order valence-corrected chi connectivity index (χ1v) is 12.2. The van der Waals surface area contributed by atoms with Crippen LogP contribution in [0.3, 0.4) is 0 Å². The van der Waals surface area contributed by atoms with Gasteiger partial charge in [0.1, 0.15) is 11.3 Å². The molecule has 1 amide bonds. The van der Waals surface area contributed by atoms with E-state index in [2.05, 4.69) is 0 Å². The Bertz CT molecular complexity index is 1530. The van der Waals surface area contributed by atoms with Crippen molar-refractivity contribution in [2.24, 2.45) is 0 Å². The van der Waals surface area contributed by atoms with E-state index in [0.717, 1.165) is 48.5 Å². The van der Waals surface area contributed by atoms with Crippen molar-refractivity contribution in [2.45, 2.75) is 30.6 Å². The first-order chi connectivity index (χ1) is 16.4. The number of carbonyl (C=O) groups is 1. The van der Waals surface area contributed by atoms with Crippen molar-refractivity contribution in [2.75, 3.05) is 4.31 Å². The molecule has 0 spiro atoms. The molecule has 0 N–H and O–H groups in total. The summed E-state index contributed by atoms with van der Waals surface area (Å²) < 4.78 is 34.0. The molecule has 5 rings (SSSR count). The third-order valence-electron chi connectivity index (χ3n) is 5.94. The number of non-ortho nitro benzene ring substituents is 1. The second kappa shape index (κ2) is 8.42. The average Bonchev–Trinajstić information content (AvgIpc) is 3.22. The Morgan fingerprint density at radius 3 is 2.47 bits per heavy atom. The number of hydrogen-bond acceptors (Lipinski definition) is 6. The van der Waals surface area contributed by atoms with Crippen LogP contribution in [-0.2, 0) is 22.9 Å². The maximum Gasteiger partial charge on any atom is 0.272 e. The predicted molar refractivity (Wildman–Crippen MR) is 126 cm³/mol. The number of nitrogens with zero attached hydrogens (tertiary/aromatic N) is 2. The molecule has 9 heteroatoms. The van der Waals surface area contributed by atoms with Gasteiger partial charge >= 0.3 is 0 Å². The van der Waals surface area contributed by atoms with Crippen molar-refractivity contribution in [3.05, 3.63) is 99.8 Å². The molecular weight excluding hydrogens is 456 g/mol. The van der Waals surface area contributed by atoms with Crippen molar-refractivity contribution < 1.29 is 22.6 Å². The van der Waals surface area contributed by atoms with E-state index in [9.17, 15) is 23.3 Å². The van der Waals surface area contributed by atoms with Crippen LogP contribution in [-0.4, -0.2) is 19.2 Å². The van der Waals surface area contributed by atoms with E-state index >= 15 is 0 Å². The Balaban J connectivity index is 1.69. The number of amides is 1. The van der Waals surface area contributed by atoms with Gasteiger partial charge in [-0.25, -0.2) is 8.42 Å². The minimum atomic E-state index is -4.32. The highest BCUT2D eigenvalue weighted by atomic mass is 32.2. The van der Waals surface area contributed by atoms with Gasteiger partial charge in [0, 0.05) is 35.1 Å². The minimum absolute atomic E-state index is 0.0666. The Hall–Kier alpha value is -3.98. The number of nitro benzene ring substituents is 1. The maximum atomic E-state index is 13.7. The molecule has 1 aliphatic carbocycles. The molecule has 4 aromatic rings. The number of nitro groups is 1. The standard InChI is InChI=1S/C25H20N2O6S/c28-25(17-7-6-8-19(15-17)27(29)30)26(34(31,32)20-9-2-1-3-10-20)18-13-14-24-22(16-18)21-11-4-5-12-23(21)33-24/h1-3,6-10,13-16H,4-5,11-12H2. The number of furan rings is 1. The van der Waals surface area contributed by atoms with Crippen LogP contribution in [0.15, 0.2) is 82.1 Å². The third kappa shape index (κ3) is 3.73. The summed E-state index contributed by atoms with van der Waals surface area (Å²) in [6.07, 6.45) is 3.66. The van der Waals surface area contributed by atoms with E-state index in [0.29, 0.717) is 9.89 Å². The van der Waals surface area contributed by atoms with E-state index in [1.807, 2.05) is 0 Å². The Morgan fingerprint density at radius 2 is 1.71 bits per heavy atom. The van der Waals surface area contributed by atoms with Crippen LogP contribution < -0.4 is 4.31 Å². The summed E-state index contributed by atoms with van der Waals surface area (Å²) in [4.78, 5) is 24.1. The number of carbonyl (C=O) groups excluding carboxylic acids is 1. The van der Waals surface area contributed by atoms with E-state index in [-0.39, 0.29) is 21.8 Å². The molecule has 0 saturated carbocycles. The van der Waals surface area contributed by atoms with Crippen LogP contribution in [0.5, 0.6) is 0 Å². The van der Waals surface area contributed by atoms with Gasteiger partial charge in [-0.05, 0) is 55.7 Å². The van der Waals surface area contributed by atoms with Crippen molar-refractivity contribution in [3.8, 4) is 0 Å². The largest absolute Gasteiger partial charge is 0.461 e. The molecule has 0 bridgehead atoms. The molecule has 34 heavy (non-hydrogen) atoms. The van der Waals surface area contributed by atoms with Crippen LogP contribution in [0.25, 0.3) is 11.0 Å². The van der Waals surface area contributed by atoms with Gasteiger partial charge in [0.2, 0.25) is 0 Å². The Morgan fingerprint density at radius 1 is 0.941 bits per heavy atom. The zero-order valence-electron chi connectivity index (χ0n) is 18.0. The highest BCUT2D eigenvalue weighted by molar-refractivity contribution is 7.93. The minimum Gasteiger partial charge on any atom is -0.461 e. The number of anilines is 1. The Kier molecular flexibility index (Phi) is 5.41. The fourth-order valence-corrected chi connectivity index (χ4v) is 5.74. The molecule has 0 aliphatic heterocycles. The first kappa shape index (κ1) is 21.8. The fraction of sp³-hybridized carbons (Fsp3) is 0.160. The molecule has 1 heterocycles. The van der Waals surface area contributed by atoms with Gasteiger partial charge in [-0.2, -0.15) is 4.31 Å². The summed E-state index contributed by atoms with van der Waals surface area (Å²) in [6, 6.07) is 17.5. The number of hydrogen-bond donors (Lipinski definition) is 0. The zero-order valence-corrected chi connectivity index (χ0v) is 18.8. The Labute approximate surface area is 195 Å². The van der Waals surface area contributed by atoms with Crippen molar-refractivity contribution in [1.29, 1.82) is 0 Å². The van der Waals surface area contributed by atoms with Crippen molar-refractivity contribution in [1.82, 2.24) is 0 Å². The number of benzene rings is 3. The van der Waals surface area contributed by atoms with E-state index in [1.165, 1.54) is 36.4 Å². The number of rotatable bonds is 5. The molecule has 0 fully saturated rings. The first-order valence-electron chi connectivity index (χ1n) is 10.8. The van der Waals surface area contributed by atoms with Crippen molar-refractivity contribution >= 4 is 38.3 Å². The molecule has 3 aromatic carbocycles. The lowest BCUT2D eigenvalue weighted by Gasteiger charge is -2.23. The normalized spacial score (nSPS) is 13.4. The van der Waals surface area contributed by atoms with Gasteiger partial charge in [-0.1, -0.05) is 24.3 Å². The second-order valence-corrected chi connectivity index (χ2v) is 9.87. The van der Waals surface area contributed by atoms with Crippen LogP contribution >= 0.6 is 0 Å². The van der Waals surface area contributed by atoms with E-state index < -0.39 is 20.9 Å². The average molecular weight is 477 g/mol. The van der Waals surface area contributed by atoms with E-state index in [4.69, 9.17) is 4.42 Å². The van der Waals surface area contributed by atoms with Crippen LogP contribution in [0.1, 0.15) is 34.5 Å². The second-order valence-electron chi connectivity index (χ2n) is 8.09. The highest BCUT2D eigenvalue weighted by Crippen LogP contribution is 2.36. The molecule has 0 atom stereocenters. The molecule has 0 saturated heterocycles. The summed E-state index contributed by atoms with van der Waals surface area (Å²) in [5, 5.41) is 12.0. The highest BCUT2D eigenvalue weighted by Gasteiger charge is 2.33. The molecule has 172 valence electrons. The monoisotopic (exact) mass is 476 g/mol. The summed E-state index contributed by atoms with van der Waals surface area (Å²) in [5.41, 5.74) is 1.39. The lowest BCUT2D eigenvalue weighted by atomic mass is 9.96. The summed E-state index contributed by atoms with van der Waals surface area (Å²) >= 11 is 0. The molecule has 0 radical (unpaired) electrons. The van der Waals surface area contributed by atoms with Gasteiger partial charge in [-0.15, -0.1) is 0 Å². The van der Waals surface area contributed by atoms with Crippen molar-refractivity contribution in [3.63, 3.8) is 0 Å². The lowest BCUT2D eigenvalue weighted by molar-refractivity contribution is -0.384. The van der Waals surface area contributed by atoms with Crippen LogP contribution in [0.2, 0.25) is 0 Å². The maximum absolute atomic E-state index is 13.7. The van der Waals surface area contributed by atoms with Gasteiger partial charge < -0.3 is 4.42 Å². The van der Waals surface area contributed by atoms with Gasteiger partial charge in [0.25, 0.3) is 21.6 Å². The summed E-state index contributed by atoms with van der Waals surface area (Å²) in [6.45, 7) is 0. The number of sulfonamides is 1. The van der Waals surface area contributed by atoms with Crippen LogP contribution in [0, 0.1) is 10.1 Å². The molecule has 0 unspecified atom stereocenters. The molecule has 1 aromatic heterocycles. The smallest absolute Gasteiger partial charge is 0.272 e. The number of aryl methyl sites for hydroxylation is 2. The van der Waals surface area contributed by atoms with Gasteiger partial charge in [0.15, 0.2) is 0 Å². The van der Waals surface area contributed by atoms with Gasteiger partial charge in [0.05, 0.1) is 15.5 Å². The lowest BCUT2D eigenvalue weighted by Crippen LogP contribution is -2.37. The van der Waals surface area contributed by atoms with Gasteiger partial charge in [-0.3, -0.25) is 14.9 Å². The number of fused-ring (bicyclic) bond motifs is 3. The molecule has 8 nitrogen and oxygen atoms in total. The van der Waals surface area contributed by atoms with Crippen LogP contribution in [0.4, 0.5) is 11.4 Å². The fourth-order valence-electron chi connectivity index (χ4n) is 4.31. The molecule has 1 aliphatic rings. The topological polar surface area (TPSA) is 111 Å².